The number of benzene rings is 2. The molecule has 2 rings (SSSR count). The van der Waals surface area contributed by atoms with Crippen LogP contribution in [0.25, 0.3) is 0 Å². The molecular weight excluding hydrogens is 267 g/mol. The smallest absolute Gasteiger partial charge is 0.255 e. The van der Waals surface area contributed by atoms with Crippen LogP contribution in [0.2, 0.25) is 0 Å². The lowest BCUT2D eigenvalue weighted by Crippen LogP contribution is -2.18. The first kappa shape index (κ1) is 15.2. The van der Waals surface area contributed by atoms with Crippen molar-refractivity contribution in [2.45, 2.75) is 19.9 Å². The Morgan fingerprint density at radius 1 is 1.19 bits per heavy atom. The molecule has 0 saturated heterocycles. The molecule has 0 aliphatic rings. The number of hydrogen-bond donors (Lipinski definition) is 2. The third kappa shape index (κ3) is 4.13. The predicted octanol–water partition coefficient (Wildman–Crippen LogP) is 3.75. The Hall–Kier alpha value is -2.20. The van der Waals surface area contributed by atoms with E-state index in [0.717, 1.165) is 17.8 Å². The van der Waals surface area contributed by atoms with Crippen molar-refractivity contribution in [3.05, 3.63) is 65.5 Å². The summed E-state index contributed by atoms with van der Waals surface area (Å²) in [6, 6.07) is 13.4. The lowest BCUT2D eigenvalue weighted by Gasteiger charge is -2.14. The third-order valence-corrected chi connectivity index (χ3v) is 3.26. The quantitative estimate of drug-likeness (QED) is 0.879. The van der Waals surface area contributed by atoms with Crippen LogP contribution in [-0.4, -0.2) is 12.5 Å². The Morgan fingerprint density at radius 2 is 1.90 bits per heavy atom. The van der Waals surface area contributed by atoms with E-state index >= 15 is 0 Å². The molecule has 0 bridgehead atoms. The second-order valence-electron chi connectivity index (χ2n) is 4.87. The summed E-state index contributed by atoms with van der Waals surface area (Å²) in [4.78, 5) is 12.1. The van der Waals surface area contributed by atoms with Crippen molar-refractivity contribution >= 4 is 11.6 Å². The van der Waals surface area contributed by atoms with E-state index in [0.29, 0.717) is 5.56 Å². The fourth-order valence-electron chi connectivity index (χ4n) is 2.11. The zero-order valence-electron chi connectivity index (χ0n) is 12.2. The largest absolute Gasteiger partial charge is 0.322 e. The number of rotatable bonds is 5. The van der Waals surface area contributed by atoms with Crippen LogP contribution in [0.3, 0.4) is 0 Å². The molecular formula is C17H19FN2O. The number of carbonyl (C=O) groups is 1. The summed E-state index contributed by atoms with van der Waals surface area (Å²) < 4.78 is 12.9. The van der Waals surface area contributed by atoms with Crippen LogP contribution in [0.1, 0.15) is 35.8 Å². The molecule has 3 nitrogen and oxygen atoms in total. The number of carbonyl (C=O) groups excluding carboxylic acids is 1. The molecule has 0 saturated carbocycles. The van der Waals surface area contributed by atoms with Crippen LogP contribution in [0.15, 0.2) is 48.5 Å². The standard InChI is InChI=1S/C17H19FN2O/c1-3-19-12(2)14-5-4-6-16(11-14)20-17(21)13-7-9-15(18)10-8-13/h4-12,19H,3H2,1-2H3,(H,20,21). The van der Waals surface area contributed by atoms with E-state index in [-0.39, 0.29) is 17.8 Å². The van der Waals surface area contributed by atoms with E-state index in [9.17, 15) is 9.18 Å². The van der Waals surface area contributed by atoms with E-state index in [4.69, 9.17) is 0 Å². The molecule has 0 fully saturated rings. The first-order valence-electron chi connectivity index (χ1n) is 7.00. The van der Waals surface area contributed by atoms with Crippen molar-refractivity contribution < 1.29 is 9.18 Å². The van der Waals surface area contributed by atoms with Gasteiger partial charge in [-0.3, -0.25) is 4.79 Å². The number of nitrogens with one attached hydrogen (secondary N) is 2. The molecule has 0 radical (unpaired) electrons. The topological polar surface area (TPSA) is 41.1 Å². The average Bonchev–Trinajstić information content (AvgIpc) is 2.48. The highest BCUT2D eigenvalue weighted by Crippen LogP contribution is 2.18. The number of amides is 1. The zero-order chi connectivity index (χ0) is 15.2. The molecule has 110 valence electrons. The Labute approximate surface area is 124 Å². The van der Waals surface area contributed by atoms with E-state index in [1.165, 1.54) is 24.3 Å². The maximum absolute atomic E-state index is 12.9. The normalized spacial score (nSPS) is 12.0. The highest BCUT2D eigenvalue weighted by atomic mass is 19.1. The van der Waals surface area contributed by atoms with Gasteiger partial charge in [0.25, 0.3) is 5.91 Å². The van der Waals surface area contributed by atoms with Crippen LogP contribution in [0, 0.1) is 5.82 Å². The van der Waals surface area contributed by atoms with E-state index in [1.807, 2.05) is 24.3 Å². The van der Waals surface area contributed by atoms with Crippen molar-refractivity contribution in [1.82, 2.24) is 5.32 Å². The van der Waals surface area contributed by atoms with Gasteiger partial charge in [0.15, 0.2) is 0 Å². The number of hydrogen-bond acceptors (Lipinski definition) is 2. The van der Waals surface area contributed by atoms with Gasteiger partial charge in [-0.1, -0.05) is 19.1 Å². The first-order chi connectivity index (χ1) is 10.1. The van der Waals surface area contributed by atoms with Gasteiger partial charge in [-0.25, -0.2) is 4.39 Å². The van der Waals surface area contributed by atoms with Crippen LogP contribution in [-0.2, 0) is 0 Å². The second kappa shape index (κ2) is 6.99. The summed E-state index contributed by atoms with van der Waals surface area (Å²) in [6.07, 6.45) is 0. The Morgan fingerprint density at radius 3 is 2.57 bits per heavy atom. The van der Waals surface area contributed by atoms with Crippen LogP contribution in [0.5, 0.6) is 0 Å². The van der Waals surface area contributed by atoms with Crippen LogP contribution >= 0.6 is 0 Å². The molecule has 1 atom stereocenters. The van der Waals surface area contributed by atoms with Crippen molar-refractivity contribution in [3.63, 3.8) is 0 Å². The fourth-order valence-corrected chi connectivity index (χ4v) is 2.11. The monoisotopic (exact) mass is 286 g/mol. The molecule has 0 spiro atoms. The molecule has 4 heteroatoms. The fraction of sp³-hybridized carbons (Fsp3) is 0.235. The molecule has 0 aliphatic carbocycles. The van der Waals surface area contributed by atoms with Crippen LogP contribution < -0.4 is 10.6 Å². The Kier molecular flexibility index (Phi) is 5.06. The summed E-state index contributed by atoms with van der Waals surface area (Å²) in [5.74, 6) is -0.601. The predicted molar refractivity (Wildman–Crippen MR) is 82.9 cm³/mol. The summed E-state index contributed by atoms with van der Waals surface area (Å²) >= 11 is 0. The number of halogens is 1. The Balaban J connectivity index is 2.10. The molecule has 1 unspecified atom stereocenters. The van der Waals surface area contributed by atoms with Gasteiger partial charge in [0.2, 0.25) is 0 Å². The summed E-state index contributed by atoms with van der Waals surface area (Å²) in [5.41, 5.74) is 2.27. The summed E-state index contributed by atoms with van der Waals surface area (Å²) in [6.45, 7) is 5.01. The van der Waals surface area contributed by atoms with Gasteiger partial charge in [-0.2, -0.15) is 0 Å². The highest BCUT2D eigenvalue weighted by Gasteiger charge is 2.08. The van der Waals surface area contributed by atoms with Crippen molar-refractivity contribution in [3.8, 4) is 0 Å². The van der Waals surface area contributed by atoms with Gasteiger partial charge in [-0.05, 0) is 55.4 Å². The third-order valence-electron chi connectivity index (χ3n) is 3.26. The maximum Gasteiger partial charge on any atom is 0.255 e. The van der Waals surface area contributed by atoms with E-state index in [1.54, 1.807) is 0 Å². The first-order valence-corrected chi connectivity index (χ1v) is 7.00. The maximum atomic E-state index is 12.9. The summed E-state index contributed by atoms with van der Waals surface area (Å²) in [5, 5.41) is 6.15. The zero-order valence-corrected chi connectivity index (χ0v) is 12.2. The molecule has 21 heavy (non-hydrogen) atoms. The summed E-state index contributed by atoms with van der Waals surface area (Å²) in [7, 11) is 0. The minimum absolute atomic E-state index is 0.220. The van der Waals surface area contributed by atoms with Crippen molar-refractivity contribution in [2.75, 3.05) is 11.9 Å². The minimum atomic E-state index is -0.354. The Bertz CT molecular complexity index is 610. The van der Waals surface area contributed by atoms with Gasteiger partial charge in [-0.15, -0.1) is 0 Å². The van der Waals surface area contributed by atoms with E-state index < -0.39 is 0 Å². The molecule has 2 aromatic carbocycles. The molecule has 1 amide bonds. The molecule has 0 aromatic heterocycles. The molecule has 2 aromatic rings. The van der Waals surface area contributed by atoms with Gasteiger partial charge < -0.3 is 10.6 Å². The van der Waals surface area contributed by atoms with Gasteiger partial charge in [0, 0.05) is 17.3 Å². The van der Waals surface area contributed by atoms with Gasteiger partial charge in [0.05, 0.1) is 0 Å². The minimum Gasteiger partial charge on any atom is -0.322 e. The molecule has 0 aliphatic heterocycles. The average molecular weight is 286 g/mol. The van der Waals surface area contributed by atoms with E-state index in [2.05, 4.69) is 24.5 Å². The van der Waals surface area contributed by atoms with Crippen molar-refractivity contribution in [1.29, 1.82) is 0 Å². The molecule has 0 heterocycles. The molecule has 2 N–H and O–H groups in total. The van der Waals surface area contributed by atoms with Gasteiger partial charge >= 0.3 is 0 Å². The van der Waals surface area contributed by atoms with Crippen LogP contribution in [0.4, 0.5) is 10.1 Å². The van der Waals surface area contributed by atoms with Gasteiger partial charge in [0.1, 0.15) is 5.82 Å². The SMILES string of the molecule is CCNC(C)c1cccc(NC(=O)c2ccc(F)cc2)c1. The number of anilines is 1. The second-order valence-corrected chi connectivity index (χ2v) is 4.87. The van der Waals surface area contributed by atoms with Crippen molar-refractivity contribution in [2.24, 2.45) is 0 Å². The lowest BCUT2D eigenvalue weighted by molar-refractivity contribution is 0.102. The lowest BCUT2D eigenvalue weighted by atomic mass is 10.1. The highest BCUT2D eigenvalue weighted by molar-refractivity contribution is 6.04.